The fourth-order valence-corrected chi connectivity index (χ4v) is 0. The average Bonchev–Trinajstić information content (AvgIpc) is 1.37. The van der Waals surface area contributed by atoms with Crippen LogP contribution in [0.5, 0.6) is 0 Å². The van der Waals surface area contributed by atoms with E-state index in [4.69, 9.17) is 10.2 Å². The van der Waals surface area contributed by atoms with E-state index < -0.39 is 0 Å². The molecule has 0 atom stereocenters. The van der Waals surface area contributed by atoms with Gasteiger partial charge in [0.2, 0.25) is 0 Å². The quantitative estimate of drug-likeness (QED) is 0.564. The van der Waals surface area contributed by atoms with Crippen LogP contribution >= 0.6 is 24.8 Å². The molecule has 6 heteroatoms. The second-order valence-corrected chi connectivity index (χ2v) is 0.447. The van der Waals surface area contributed by atoms with Crippen LogP contribution in [0.15, 0.2) is 0 Å². The Kier molecular flexibility index (Phi) is 132. The topological polar surface area (TPSA) is 40.5 Å². The van der Waals surface area contributed by atoms with Gasteiger partial charge >= 0.3 is 60.8 Å². The van der Waals surface area contributed by atoms with Crippen LogP contribution in [0, 0.1) is 0 Å². The van der Waals surface area contributed by atoms with Gasteiger partial charge in [0.1, 0.15) is 0 Å². The minimum Gasteiger partial charge on any atom is -1.00 e. The Morgan fingerprint density at radius 3 is 1.12 bits per heavy atom. The van der Waals surface area contributed by atoms with Gasteiger partial charge in [0.25, 0.3) is 0 Å². The van der Waals surface area contributed by atoms with Crippen molar-refractivity contribution < 1.29 is 15.9 Å². The fraction of sp³-hybridized carbons (Fsp3) is 1.00. The molecule has 0 unspecified atom stereocenters. The number of aliphatic hydroxyl groups is 2. The molecule has 0 amide bonds. The van der Waals surface area contributed by atoms with Crippen LogP contribution in [0.1, 0.15) is 5.71 Å². The van der Waals surface area contributed by atoms with Crippen molar-refractivity contribution in [3.05, 3.63) is 0 Å². The van der Waals surface area contributed by atoms with Gasteiger partial charge in [0, 0.05) is 0 Å². The molecule has 0 aromatic carbocycles. The SMILES string of the molecule is Cl.Cl.OCCO.[Ca+2].[H-].[H-].[H-].[H-].[Mg+2]. The van der Waals surface area contributed by atoms with Crippen molar-refractivity contribution >= 4 is 85.6 Å². The van der Waals surface area contributed by atoms with Crippen molar-refractivity contribution in [2.45, 2.75) is 0 Å². The first-order valence-electron chi connectivity index (χ1n) is 1.13. The molecular formula is C2H12CaCl2MgO2. The van der Waals surface area contributed by atoms with Crippen LogP contribution < -0.4 is 0 Å². The molecule has 0 saturated heterocycles. The van der Waals surface area contributed by atoms with E-state index in [0.29, 0.717) is 0 Å². The second kappa shape index (κ2) is 33.8. The maximum absolute atomic E-state index is 7.62. The van der Waals surface area contributed by atoms with Crippen LogP contribution in [0.25, 0.3) is 0 Å². The van der Waals surface area contributed by atoms with Gasteiger partial charge in [-0.3, -0.25) is 0 Å². The van der Waals surface area contributed by atoms with E-state index in [2.05, 4.69) is 0 Å². The molecule has 0 radical (unpaired) electrons. The molecule has 0 heterocycles. The molecule has 0 aromatic heterocycles. The van der Waals surface area contributed by atoms with Crippen LogP contribution in [0.2, 0.25) is 0 Å². The Balaban J connectivity index is -0.00000000161. The molecule has 50 valence electrons. The van der Waals surface area contributed by atoms with Crippen molar-refractivity contribution in [1.29, 1.82) is 0 Å². The van der Waals surface area contributed by atoms with Crippen LogP contribution in [-0.4, -0.2) is 84.2 Å². The summed E-state index contributed by atoms with van der Waals surface area (Å²) in [4.78, 5) is 0. The van der Waals surface area contributed by atoms with Gasteiger partial charge in [-0.15, -0.1) is 24.8 Å². The summed E-state index contributed by atoms with van der Waals surface area (Å²) in [6.45, 7) is -0.250. The third-order valence-electron chi connectivity index (χ3n) is 0.1000. The van der Waals surface area contributed by atoms with E-state index in [9.17, 15) is 0 Å². The first-order valence-corrected chi connectivity index (χ1v) is 1.13. The summed E-state index contributed by atoms with van der Waals surface area (Å²) >= 11 is 0. The van der Waals surface area contributed by atoms with Gasteiger partial charge in [-0.2, -0.15) is 0 Å². The summed E-state index contributed by atoms with van der Waals surface area (Å²) < 4.78 is 0. The Bertz CT molecular complexity index is 31.0. The summed E-state index contributed by atoms with van der Waals surface area (Å²) in [5.74, 6) is 0. The van der Waals surface area contributed by atoms with Crippen molar-refractivity contribution in [2.75, 3.05) is 13.2 Å². The monoisotopic (exact) mass is 202 g/mol. The zero-order valence-electron chi connectivity index (χ0n) is 8.54. The molecule has 0 bridgehead atoms. The molecule has 2 nitrogen and oxygen atoms in total. The van der Waals surface area contributed by atoms with Gasteiger partial charge < -0.3 is 15.9 Å². The number of halogens is 2. The van der Waals surface area contributed by atoms with Gasteiger partial charge in [-0.1, -0.05) is 0 Å². The normalized spacial score (nSPS) is 3.75. The fourth-order valence-electron chi connectivity index (χ4n) is 0. The van der Waals surface area contributed by atoms with E-state index in [1.165, 1.54) is 0 Å². The third kappa shape index (κ3) is 38.8. The molecule has 0 aliphatic heterocycles. The maximum atomic E-state index is 7.62. The number of hydrogen-bond donors (Lipinski definition) is 2. The third-order valence-corrected chi connectivity index (χ3v) is 0.1000. The first-order chi connectivity index (χ1) is 1.91. The van der Waals surface area contributed by atoms with E-state index in [1.807, 2.05) is 0 Å². The molecule has 0 spiro atoms. The molecular weight excluding hydrogens is 191 g/mol. The molecule has 0 aliphatic carbocycles. The predicted octanol–water partition coefficient (Wildman–Crippen LogP) is -0.497. The predicted molar refractivity (Wildman–Crippen MR) is 44.6 cm³/mol. The van der Waals surface area contributed by atoms with Crippen molar-refractivity contribution in [2.24, 2.45) is 0 Å². The number of aliphatic hydroxyl groups excluding tert-OH is 2. The Hall–Kier alpha value is 2.53. The van der Waals surface area contributed by atoms with Gasteiger partial charge in [-0.25, -0.2) is 0 Å². The molecule has 0 saturated carbocycles. The summed E-state index contributed by atoms with van der Waals surface area (Å²) in [6, 6.07) is 0. The summed E-state index contributed by atoms with van der Waals surface area (Å²) in [6.07, 6.45) is 0. The van der Waals surface area contributed by atoms with Gasteiger partial charge in [0.15, 0.2) is 0 Å². The van der Waals surface area contributed by atoms with Crippen molar-refractivity contribution in [3.8, 4) is 0 Å². The van der Waals surface area contributed by atoms with E-state index in [0.717, 1.165) is 0 Å². The zero-order chi connectivity index (χ0) is 3.41. The minimum absolute atomic E-state index is 0. The van der Waals surface area contributed by atoms with Crippen molar-refractivity contribution in [3.63, 3.8) is 0 Å². The maximum Gasteiger partial charge on any atom is 2.00 e. The van der Waals surface area contributed by atoms with Crippen LogP contribution in [-0.2, 0) is 0 Å². The Labute approximate surface area is 113 Å². The Morgan fingerprint density at radius 1 is 1.00 bits per heavy atom. The standard InChI is InChI=1S/C2H6O2.Ca.2ClH.Mg.4H/c3-1-2-4;;;;;;;;/h3-4H,1-2H2;;2*1H;;;;;/q;+2;;;+2;4*-1. The molecule has 0 aliphatic rings. The number of rotatable bonds is 1. The summed E-state index contributed by atoms with van der Waals surface area (Å²) in [5, 5.41) is 15.2. The molecule has 0 rings (SSSR count). The zero-order valence-corrected chi connectivity index (χ0v) is 9.79. The van der Waals surface area contributed by atoms with Gasteiger partial charge in [-0.05, 0) is 0 Å². The van der Waals surface area contributed by atoms with E-state index >= 15 is 0 Å². The largest absolute Gasteiger partial charge is 2.00 e. The summed E-state index contributed by atoms with van der Waals surface area (Å²) in [7, 11) is 0. The van der Waals surface area contributed by atoms with Crippen LogP contribution in [0.4, 0.5) is 0 Å². The molecule has 2 N–H and O–H groups in total. The minimum atomic E-state index is -0.125. The number of hydrogen-bond acceptors (Lipinski definition) is 2. The van der Waals surface area contributed by atoms with Crippen molar-refractivity contribution in [1.82, 2.24) is 0 Å². The molecule has 0 fully saturated rings. The van der Waals surface area contributed by atoms with Gasteiger partial charge in [0.05, 0.1) is 13.2 Å². The molecule has 0 aromatic rings. The smallest absolute Gasteiger partial charge is 1.00 e. The second-order valence-electron chi connectivity index (χ2n) is 0.447. The summed E-state index contributed by atoms with van der Waals surface area (Å²) in [5.41, 5.74) is 0. The van der Waals surface area contributed by atoms with E-state index in [1.54, 1.807) is 0 Å². The molecule has 8 heavy (non-hydrogen) atoms. The average molecular weight is 203 g/mol. The van der Waals surface area contributed by atoms with E-state index in [-0.39, 0.29) is 105 Å². The first kappa shape index (κ1) is 31.3. The Morgan fingerprint density at radius 2 is 1.12 bits per heavy atom. The van der Waals surface area contributed by atoms with Crippen LogP contribution in [0.3, 0.4) is 0 Å².